The lowest BCUT2D eigenvalue weighted by molar-refractivity contribution is -0.134. The normalized spacial score (nSPS) is 16.1. The van der Waals surface area contributed by atoms with Crippen LogP contribution in [0.5, 0.6) is 0 Å². The molecule has 0 spiro atoms. The highest BCUT2D eigenvalue weighted by molar-refractivity contribution is 7.12. The predicted octanol–water partition coefficient (Wildman–Crippen LogP) is 3.87. The van der Waals surface area contributed by atoms with Crippen LogP contribution in [0.25, 0.3) is 0 Å². The van der Waals surface area contributed by atoms with Gasteiger partial charge in [0.15, 0.2) is 0 Å². The molecule has 4 heterocycles. The number of carbonyl (C=O) groups is 2. The van der Waals surface area contributed by atoms with Gasteiger partial charge in [-0.05, 0) is 35.6 Å². The molecule has 0 fully saturated rings. The van der Waals surface area contributed by atoms with E-state index in [0.717, 1.165) is 17.8 Å². The molecule has 0 radical (unpaired) electrons. The van der Waals surface area contributed by atoms with Crippen molar-refractivity contribution in [2.24, 2.45) is 5.92 Å². The summed E-state index contributed by atoms with van der Waals surface area (Å²) in [6.07, 6.45) is 5.36. The number of aromatic nitrogens is 1. The number of hydrogen-bond acceptors (Lipinski definition) is 4. The summed E-state index contributed by atoms with van der Waals surface area (Å²) in [5, 5.41) is 1.89. The number of carbonyl (C=O) groups excluding carboxylic acids is 2. The number of nitrogens with zero attached hydrogens (tertiary/aromatic N) is 3. The van der Waals surface area contributed by atoms with Gasteiger partial charge in [-0.15, -0.1) is 11.3 Å². The Morgan fingerprint density at radius 2 is 2.10 bits per heavy atom. The first-order valence-corrected chi connectivity index (χ1v) is 10.7. The van der Waals surface area contributed by atoms with Crippen molar-refractivity contribution < 1.29 is 14.0 Å². The highest BCUT2D eigenvalue weighted by atomic mass is 32.1. The molecule has 3 aromatic rings. The lowest BCUT2D eigenvalue weighted by Gasteiger charge is -2.38. The monoisotopic (exact) mass is 411 g/mol. The lowest BCUT2D eigenvalue weighted by atomic mass is 10.0. The number of rotatable bonds is 6. The largest absolute Gasteiger partial charge is 0.472 e. The van der Waals surface area contributed by atoms with Crippen LogP contribution >= 0.6 is 11.3 Å². The number of fused-ring (bicyclic) bond motifs is 1. The van der Waals surface area contributed by atoms with Crippen LogP contribution in [0, 0.1) is 5.92 Å². The van der Waals surface area contributed by atoms with E-state index in [9.17, 15) is 9.59 Å². The van der Waals surface area contributed by atoms with E-state index in [4.69, 9.17) is 4.42 Å². The summed E-state index contributed by atoms with van der Waals surface area (Å²) in [6.45, 7) is 6.07. The zero-order chi connectivity index (χ0) is 20.4. The SMILES string of the molecule is CC(C)CN(CC(=O)N1CCn2cccc2C1c1ccoc1)C(=O)c1cccs1. The third-order valence-corrected chi connectivity index (χ3v) is 6.01. The predicted molar refractivity (Wildman–Crippen MR) is 112 cm³/mol. The van der Waals surface area contributed by atoms with Gasteiger partial charge < -0.3 is 18.8 Å². The van der Waals surface area contributed by atoms with E-state index in [1.807, 2.05) is 46.8 Å². The average molecular weight is 412 g/mol. The maximum absolute atomic E-state index is 13.4. The molecule has 0 aromatic carbocycles. The fraction of sp³-hybridized carbons (Fsp3) is 0.364. The summed E-state index contributed by atoms with van der Waals surface area (Å²) in [5.41, 5.74) is 2.00. The highest BCUT2D eigenvalue weighted by Crippen LogP contribution is 2.33. The van der Waals surface area contributed by atoms with E-state index >= 15 is 0 Å². The van der Waals surface area contributed by atoms with E-state index in [1.54, 1.807) is 17.4 Å². The van der Waals surface area contributed by atoms with Crippen molar-refractivity contribution in [3.05, 3.63) is 70.6 Å². The van der Waals surface area contributed by atoms with E-state index in [1.165, 1.54) is 11.3 Å². The van der Waals surface area contributed by atoms with Crippen molar-refractivity contribution in [2.45, 2.75) is 26.4 Å². The van der Waals surface area contributed by atoms with Gasteiger partial charge in [-0.3, -0.25) is 9.59 Å². The Hall–Kier alpha value is -2.80. The van der Waals surface area contributed by atoms with Crippen molar-refractivity contribution >= 4 is 23.2 Å². The van der Waals surface area contributed by atoms with Crippen molar-refractivity contribution in [2.75, 3.05) is 19.6 Å². The first-order valence-electron chi connectivity index (χ1n) is 9.84. The second-order valence-electron chi connectivity index (χ2n) is 7.73. The van der Waals surface area contributed by atoms with Crippen LogP contribution in [-0.4, -0.2) is 45.8 Å². The zero-order valence-electron chi connectivity index (χ0n) is 16.7. The third kappa shape index (κ3) is 4.00. The summed E-state index contributed by atoms with van der Waals surface area (Å²) in [6, 6.07) is 9.41. The van der Waals surface area contributed by atoms with Gasteiger partial charge in [0, 0.05) is 37.1 Å². The first kappa shape index (κ1) is 19.5. The molecule has 7 heteroatoms. The molecule has 4 rings (SSSR count). The molecule has 1 unspecified atom stereocenters. The number of amides is 2. The molecule has 1 atom stereocenters. The summed E-state index contributed by atoms with van der Waals surface area (Å²) in [5.74, 6) is 0.145. The van der Waals surface area contributed by atoms with Gasteiger partial charge in [0.05, 0.1) is 17.4 Å². The molecule has 0 bridgehead atoms. The highest BCUT2D eigenvalue weighted by Gasteiger charge is 2.34. The zero-order valence-corrected chi connectivity index (χ0v) is 17.5. The Labute approximate surface area is 174 Å². The number of thiophene rings is 1. The topological polar surface area (TPSA) is 58.7 Å². The molecule has 152 valence electrons. The fourth-order valence-corrected chi connectivity index (χ4v) is 4.59. The Bertz CT molecular complexity index is 960. The van der Waals surface area contributed by atoms with Gasteiger partial charge in [-0.25, -0.2) is 0 Å². The van der Waals surface area contributed by atoms with Gasteiger partial charge in [-0.2, -0.15) is 0 Å². The molecule has 0 N–H and O–H groups in total. The van der Waals surface area contributed by atoms with Gasteiger partial charge in [-0.1, -0.05) is 19.9 Å². The van der Waals surface area contributed by atoms with Crippen LogP contribution in [-0.2, 0) is 11.3 Å². The van der Waals surface area contributed by atoms with E-state index in [-0.39, 0.29) is 30.3 Å². The maximum atomic E-state index is 13.4. The minimum absolute atomic E-state index is 0.0470. The molecule has 0 saturated heterocycles. The van der Waals surface area contributed by atoms with Crippen molar-refractivity contribution in [3.63, 3.8) is 0 Å². The van der Waals surface area contributed by atoms with Crippen molar-refractivity contribution in [3.8, 4) is 0 Å². The average Bonchev–Trinajstić information content (AvgIpc) is 3.47. The van der Waals surface area contributed by atoms with Crippen LogP contribution in [0.1, 0.15) is 40.8 Å². The van der Waals surface area contributed by atoms with E-state index < -0.39 is 0 Å². The Balaban J connectivity index is 1.59. The maximum Gasteiger partial charge on any atom is 0.264 e. The van der Waals surface area contributed by atoms with E-state index in [0.29, 0.717) is 18.0 Å². The molecule has 0 saturated carbocycles. The smallest absolute Gasteiger partial charge is 0.264 e. The van der Waals surface area contributed by atoms with Gasteiger partial charge in [0.25, 0.3) is 5.91 Å². The standard InChI is InChI=1S/C22H25N3O3S/c1-16(2)13-24(22(27)19-6-4-12-29-19)14-20(26)25-10-9-23-8-3-5-18(23)21(25)17-7-11-28-15-17/h3-8,11-12,15-16,21H,9-10,13-14H2,1-2H3. The fourth-order valence-electron chi connectivity index (χ4n) is 3.90. The summed E-state index contributed by atoms with van der Waals surface area (Å²) in [4.78, 5) is 30.6. The van der Waals surface area contributed by atoms with Crippen LogP contribution in [0.4, 0.5) is 0 Å². The van der Waals surface area contributed by atoms with Gasteiger partial charge in [0.2, 0.25) is 5.91 Å². The molecular weight excluding hydrogens is 386 g/mol. The lowest BCUT2D eigenvalue weighted by Crippen LogP contribution is -2.48. The molecular formula is C22H25N3O3S. The molecule has 29 heavy (non-hydrogen) atoms. The second-order valence-corrected chi connectivity index (χ2v) is 8.68. The van der Waals surface area contributed by atoms with Crippen LogP contribution in [0.15, 0.2) is 58.9 Å². The van der Waals surface area contributed by atoms with Crippen LogP contribution in [0.3, 0.4) is 0 Å². The third-order valence-electron chi connectivity index (χ3n) is 5.15. The quantitative estimate of drug-likeness (QED) is 0.619. The first-order chi connectivity index (χ1) is 14.0. The number of furan rings is 1. The Morgan fingerprint density at radius 3 is 2.79 bits per heavy atom. The Morgan fingerprint density at radius 1 is 1.24 bits per heavy atom. The minimum Gasteiger partial charge on any atom is -0.472 e. The van der Waals surface area contributed by atoms with Crippen LogP contribution in [0.2, 0.25) is 0 Å². The molecule has 3 aromatic heterocycles. The van der Waals surface area contributed by atoms with Gasteiger partial charge in [0.1, 0.15) is 12.6 Å². The molecule has 2 amide bonds. The van der Waals surface area contributed by atoms with Gasteiger partial charge >= 0.3 is 0 Å². The second kappa shape index (κ2) is 8.29. The summed E-state index contributed by atoms with van der Waals surface area (Å²) < 4.78 is 7.47. The number of hydrogen-bond donors (Lipinski definition) is 0. The van der Waals surface area contributed by atoms with E-state index in [2.05, 4.69) is 18.4 Å². The molecule has 0 aliphatic carbocycles. The Kier molecular flexibility index (Phi) is 5.58. The summed E-state index contributed by atoms with van der Waals surface area (Å²) >= 11 is 1.41. The summed E-state index contributed by atoms with van der Waals surface area (Å²) in [7, 11) is 0. The minimum atomic E-state index is -0.206. The van der Waals surface area contributed by atoms with Crippen LogP contribution < -0.4 is 0 Å². The van der Waals surface area contributed by atoms with Crippen molar-refractivity contribution in [1.82, 2.24) is 14.4 Å². The molecule has 1 aliphatic rings. The molecule has 6 nitrogen and oxygen atoms in total. The van der Waals surface area contributed by atoms with Crippen molar-refractivity contribution in [1.29, 1.82) is 0 Å². The molecule has 1 aliphatic heterocycles.